The molecule has 2 heterocycles. The van der Waals surface area contributed by atoms with E-state index in [4.69, 9.17) is 4.42 Å². The number of piperazine rings is 1. The first kappa shape index (κ1) is 16.0. The minimum Gasteiger partial charge on any atom is -0.460 e. The number of furan rings is 1. The van der Waals surface area contributed by atoms with Crippen molar-refractivity contribution < 1.29 is 8.81 Å². The second-order valence-electron chi connectivity index (χ2n) is 5.34. The molecule has 1 aromatic heterocycles. The van der Waals surface area contributed by atoms with E-state index in [2.05, 4.69) is 17.1 Å². The number of nitrogens with one attached hydrogen (secondary N) is 1. The van der Waals surface area contributed by atoms with E-state index in [1.807, 2.05) is 18.2 Å². The predicted molar refractivity (Wildman–Crippen MR) is 84.1 cm³/mol. The van der Waals surface area contributed by atoms with Crippen molar-refractivity contribution in [2.75, 3.05) is 19.6 Å². The van der Waals surface area contributed by atoms with Gasteiger partial charge >= 0.3 is 0 Å². The fourth-order valence-electron chi connectivity index (χ4n) is 2.64. The minimum absolute atomic E-state index is 0. The Balaban J connectivity index is 0.00000161. The van der Waals surface area contributed by atoms with E-state index in [-0.39, 0.29) is 18.2 Å². The van der Waals surface area contributed by atoms with Crippen molar-refractivity contribution in [2.45, 2.75) is 19.5 Å². The zero-order chi connectivity index (χ0) is 13.9. The molecule has 0 bridgehead atoms. The number of benzene rings is 1. The molecule has 1 aromatic carbocycles. The van der Waals surface area contributed by atoms with Gasteiger partial charge in [0.15, 0.2) is 0 Å². The molecule has 0 saturated carbocycles. The summed E-state index contributed by atoms with van der Waals surface area (Å²) in [7, 11) is 0. The van der Waals surface area contributed by atoms with E-state index in [1.54, 1.807) is 12.1 Å². The number of halogens is 2. The van der Waals surface area contributed by atoms with Gasteiger partial charge in [0.1, 0.15) is 17.3 Å². The highest BCUT2D eigenvalue weighted by molar-refractivity contribution is 5.85. The third-order valence-corrected chi connectivity index (χ3v) is 3.63. The van der Waals surface area contributed by atoms with E-state index < -0.39 is 0 Å². The zero-order valence-corrected chi connectivity index (χ0v) is 12.8. The van der Waals surface area contributed by atoms with E-state index in [0.29, 0.717) is 17.4 Å². The van der Waals surface area contributed by atoms with Crippen molar-refractivity contribution in [2.24, 2.45) is 0 Å². The van der Waals surface area contributed by atoms with E-state index in [0.717, 1.165) is 31.9 Å². The lowest BCUT2D eigenvalue weighted by Crippen LogP contribution is -2.48. The lowest BCUT2D eigenvalue weighted by molar-refractivity contribution is 0.187. The van der Waals surface area contributed by atoms with E-state index in [1.165, 1.54) is 6.07 Å². The first-order valence-electron chi connectivity index (χ1n) is 7.02. The summed E-state index contributed by atoms with van der Waals surface area (Å²) in [6.07, 6.45) is 0. The fraction of sp³-hybridized carbons (Fsp3) is 0.375. The third-order valence-electron chi connectivity index (χ3n) is 3.63. The standard InChI is InChI=1S/C16H19FN2O.ClH/c1-12-10-19(9-8-18-12)11-13-6-7-16(20-13)14-4-2-3-5-15(14)17;/h2-7,12,18H,8-11H2,1H3;1H/t12-;/m1./s1. The lowest BCUT2D eigenvalue weighted by Gasteiger charge is -2.31. The molecule has 0 amide bonds. The Kier molecular flexibility index (Phi) is 5.39. The molecular weight excluding hydrogens is 291 g/mol. The maximum absolute atomic E-state index is 13.7. The van der Waals surface area contributed by atoms with Crippen LogP contribution in [0.4, 0.5) is 4.39 Å². The molecule has 1 aliphatic heterocycles. The Morgan fingerprint density at radius 1 is 1.29 bits per heavy atom. The molecule has 1 atom stereocenters. The first-order chi connectivity index (χ1) is 9.72. The molecule has 114 valence electrons. The van der Waals surface area contributed by atoms with Crippen LogP contribution < -0.4 is 5.32 Å². The minimum atomic E-state index is -0.246. The van der Waals surface area contributed by atoms with Gasteiger partial charge in [0, 0.05) is 25.7 Å². The molecule has 3 nitrogen and oxygen atoms in total. The van der Waals surface area contributed by atoms with Crippen LogP contribution in [-0.2, 0) is 6.54 Å². The summed E-state index contributed by atoms with van der Waals surface area (Å²) >= 11 is 0. The molecule has 1 N–H and O–H groups in total. The van der Waals surface area contributed by atoms with Crippen LogP contribution >= 0.6 is 12.4 Å². The van der Waals surface area contributed by atoms with Crippen LogP contribution in [0, 0.1) is 5.82 Å². The number of hydrogen-bond donors (Lipinski definition) is 1. The quantitative estimate of drug-likeness (QED) is 0.943. The summed E-state index contributed by atoms with van der Waals surface area (Å²) < 4.78 is 19.5. The fourth-order valence-corrected chi connectivity index (χ4v) is 2.64. The van der Waals surface area contributed by atoms with Crippen molar-refractivity contribution in [1.29, 1.82) is 0 Å². The van der Waals surface area contributed by atoms with Gasteiger partial charge in [-0.15, -0.1) is 12.4 Å². The summed E-state index contributed by atoms with van der Waals surface area (Å²) in [5.41, 5.74) is 0.521. The van der Waals surface area contributed by atoms with Crippen molar-refractivity contribution >= 4 is 12.4 Å². The molecule has 5 heteroatoms. The van der Waals surface area contributed by atoms with Crippen LogP contribution in [0.15, 0.2) is 40.8 Å². The molecular formula is C16H20ClFN2O. The molecule has 21 heavy (non-hydrogen) atoms. The van der Waals surface area contributed by atoms with Gasteiger partial charge in [-0.2, -0.15) is 0 Å². The molecule has 0 aliphatic carbocycles. The second-order valence-corrected chi connectivity index (χ2v) is 5.34. The van der Waals surface area contributed by atoms with Crippen molar-refractivity contribution in [3.8, 4) is 11.3 Å². The van der Waals surface area contributed by atoms with Crippen LogP contribution in [0.3, 0.4) is 0 Å². The van der Waals surface area contributed by atoms with Crippen molar-refractivity contribution in [1.82, 2.24) is 10.2 Å². The normalized spacial score (nSPS) is 19.2. The van der Waals surface area contributed by atoms with Gasteiger partial charge < -0.3 is 9.73 Å². The van der Waals surface area contributed by atoms with Gasteiger partial charge in [-0.05, 0) is 31.2 Å². The Bertz CT molecular complexity index is 587. The Morgan fingerprint density at radius 2 is 2.10 bits per heavy atom. The number of nitrogens with zero attached hydrogens (tertiary/aromatic N) is 1. The number of hydrogen-bond acceptors (Lipinski definition) is 3. The Labute approximate surface area is 130 Å². The van der Waals surface area contributed by atoms with Gasteiger partial charge in [-0.3, -0.25) is 4.90 Å². The molecule has 2 aromatic rings. The second kappa shape index (κ2) is 7.07. The molecule has 0 unspecified atom stereocenters. The zero-order valence-electron chi connectivity index (χ0n) is 12.0. The maximum atomic E-state index is 13.7. The smallest absolute Gasteiger partial charge is 0.137 e. The Hall–Kier alpha value is -1.36. The molecule has 3 rings (SSSR count). The molecule has 1 saturated heterocycles. The maximum Gasteiger partial charge on any atom is 0.137 e. The molecule has 0 spiro atoms. The van der Waals surface area contributed by atoms with E-state index in [9.17, 15) is 4.39 Å². The van der Waals surface area contributed by atoms with Crippen LogP contribution in [0.5, 0.6) is 0 Å². The Morgan fingerprint density at radius 3 is 2.86 bits per heavy atom. The molecule has 1 fully saturated rings. The highest BCUT2D eigenvalue weighted by Crippen LogP contribution is 2.25. The van der Waals surface area contributed by atoms with Gasteiger partial charge in [0.2, 0.25) is 0 Å². The summed E-state index contributed by atoms with van der Waals surface area (Å²) in [6, 6.07) is 11.0. The monoisotopic (exact) mass is 310 g/mol. The van der Waals surface area contributed by atoms with Crippen molar-refractivity contribution in [3.63, 3.8) is 0 Å². The highest BCUT2D eigenvalue weighted by Gasteiger charge is 2.17. The van der Waals surface area contributed by atoms with Crippen LogP contribution in [0.2, 0.25) is 0 Å². The lowest BCUT2D eigenvalue weighted by atomic mass is 10.1. The van der Waals surface area contributed by atoms with Crippen LogP contribution in [-0.4, -0.2) is 30.6 Å². The van der Waals surface area contributed by atoms with E-state index >= 15 is 0 Å². The summed E-state index contributed by atoms with van der Waals surface area (Å²) in [6.45, 7) is 5.98. The average Bonchev–Trinajstić information content (AvgIpc) is 2.87. The topological polar surface area (TPSA) is 28.4 Å². The third kappa shape index (κ3) is 3.84. The van der Waals surface area contributed by atoms with Crippen molar-refractivity contribution in [3.05, 3.63) is 48.0 Å². The van der Waals surface area contributed by atoms with Crippen LogP contribution in [0.1, 0.15) is 12.7 Å². The molecule has 1 aliphatic rings. The van der Waals surface area contributed by atoms with Crippen LogP contribution in [0.25, 0.3) is 11.3 Å². The van der Waals surface area contributed by atoms with Gasteiger partial charge in [-0.1, -0.05) is 12.1 Å². The highest BCUT2D eigenvalue weighted by atomic mass is 35.5. The largest absolute Gasteiger partial charge is 0.460 e. The first-order valence-corrected chi connectivity index (χ1v) is 7.02. The van der Waals surface area contributed by atoms with Gasteiger partial charge in [0.05, 0.1) is 12.1 Å². The summed E-state index contributed by atoms with van der Waals surface area (Å²) in [5.74, 6) is 1.24. The summed E-state index contributed by atoms with van der Waals surface area (Å²) in [5, 5.41) is 3.41. The average molecular weight is 311 g/mol. The SMILES string of the molecule is C[C@@H]1CN(Cc2ccc(-c3ccccc3F)o2)CCN1.Cl. The van der Waals surface area contributed by atoms with Gasteiger partial charge in [0.25, 0.3) is 0 Å². The van der Waals surface area contributed by atoms with Gasteiger partial charge in [-0.25, -0.2) is 4.39 Å². The summed E-state index contributed by atoms with van der Waals surface area (Å²) in [4.78, 5) is 2.35. The molecule has 0 radical (unpaired) electrons. The number of rotatable bonds is 3. The predicted octanol–water partition coefficient (Wildman–Crippen LogP) is 3.30.